The van der Waals surface area contributed by atoms with Gasteiger partial charge in [0.15, 0.2) is 0 Å². The SMILES string of the molecule is CCc1ccc(NCC(C)C(N)=S)cc1. The van der Waals surface area contributed by atoms with E-state index in [0.717, 1.165) is 18.7 Å². The number of hydrogen-bond donors (Lipinski definition) is 2. The molecule has 1 aromatic carbocycles. The van der Waals surface area contributed by atoms with E-state index in [1.54, 1.807) is 0 Å². The van der Waals surface area contributed by atoms with Crippen molar-refractivity contribution in [3.8, 4) is 0 Å². The Kier molecular flexibility index (Phi) is 4.56. The Bertz CT molecular complexity index is 319. The largest absolute Gasteiger partial charge is 0.393 e. The molecule has 15 heavy (non-hydrogen) atoms. The zero-order valence-electron chi connectivity index (χ0n) is 9.29. The molecule has 0 aliphatic heterocycles. The summed E-state index contributed by atoms with van der Waals surface area (Å²) >= 11 is 4.91. The van der Waals surface area contributed by atoms with Crippen molar-refractivity contribution in [1.82, 2.24) is 0 Å². The second-order valence-corrected chi connectivity index (χ2v) is 4.21. The molecule has 0 saturated heterocycles. The van der Waals surface area contributed by atoms with Gasteiger partial charge in [0.25, 0.3) is 0 Å². The van der Waals surface area contributed by atoms with Gasteiger partial charge in [-0.3, -0.25) is 0 Å². The first kappa shape index (κ1) is 12.0. The number of aryl methyl sites for hydroxylation is 1. The van der Waals surface area contributed by atoms with Gasteiger partial charge in [0, 0.05) is 18.2 Å². The van der Waals surface area contributed by atoms with Crippen LogP contribution in [-0.4, -0.2) is 11.5 Å². The maximum atomic E-state index is 5.54. The second kappa shape index (κ2) is 5.71. The Balaban J connectivity index is 2.47. The Labute approximate surface area is 96.9 Å². The highest BCUT2D eigenvalue weighted by molar-refractivity contribution is 7.80. The van der Waals surface area contributed by atoms with Crippen molar-refractivity contribution in [3.05, 3.63) is 29.8 Å². The molecule has 2 nitrogen and oxygen atoms in total. The van der Waals surface area contributed by atoms with E-state index < -0.39 is 0 Å². The van der Waals surface area contributed by atoms with Crippen LogP contribution in [0.2, 0.25) is 0 Å². The van der Waals surface area contributed by atoms with Crippen LogP contribution in [0.3, 0.4) is 0 Å². The minimum Gasteiger partial charge on any atom is -0.393 e. The van der Waals surface area contributed by atoms with E-state index in [1.807, 2.05) is 6.92 Å². The fraction of sp³-hybridized carbons (Fsp3) is 0.417. The molecule has 1 rings (SSSR count). The van der Waals surface area contributed by atoms with E-state index in [4.69, 9.17) is 18.0 Å². The summed E-state index contributed by atoms with van der Waals surface area (Å²) in [6.45, 7) is 4.97. The zero-order chi connectivity index (χ0) is 11.3. The molecule has 0 heterocycles. The quantitative estimate of drug-likeness (QED) is 0.752. The summed E-state index contributed by atoms with van der Waals surface area (Å²) < 4.78 is 0. The van der Waals surface area contributed by atoms with Gasteiger partial charge < -0.3 is 11.1 Å². The first-order valence-corrected chi connectivity index (χ1v) is 5.66. The van der Waals surface area contributed by atoms with Crippen LogP contribution >= 0.6 is 12.2 Å². The number of benzene rings is 1. The van der Waals surface area contributed by atoms with Crippen molar-refractivity contribution in [2.24, 2.45) is 11.7 Å². The Morgan fingerprint density at radius 2 is 2.00 bits per heavy atom. The van der Waals surface area contributed by atoms with Crippen LogP contribution < -0.4 is 11.1 Å². The van der Waals surface area contributed by atoms with E-state index in [-0.39, 0.29) is 5.92 Å². The number of nitrogens with one attached hydrogen (secondary N) is 1. The lowest BCUT2D eigenvalue weighted by molar-refractivity contribution is 0.821. The molecule has 1 atom stereocenters. The summed E-state index contributed by atoms with van der Waals surface area (Å²) in [6.07, 6.45) is 1.07. The fourth-order valence-corrected chi connectivity index (χ4v) is 1.31. The molecule has 82 valence electrons. The molecular weight excluding hydrogens is 204 g/mol. The van der Waals surface area contributed by atoms with Crippen LogP contribution in [-0.2, 0) is 6.42 Å². The molecule has 0 bridgehead atoms. The predicted molar refractivity (Wildman–Crippen MR) is 70.3 cm³/mol. The fourth-order valence-electron chi connectivity index (χ4n) is 1.23. The third kappa shape index (κ3) is 3.88. The van der Waals surface area contributed by atoms with Crippen LogP contribution in [0.5, 0.6) is 0 Å². The normalized spacial score (nSPS) is 12.1. The monoisotopic (exact) mass is 222 g/mol. The third-order valence-electron chi connectivity index (χ3n) is 2.46. The summed E-state index contributed by atoms with van der Waals surface area (Å²) in [6, 6.07) is 8.44. The molecule has 0 aliphatic carbocycles. The van der Waals surface area contributed by atoms with Gasteiger partial charge in [0.05, 0.1) is 4.99 Å². The number of thiocarbonyl (C=S) groups is 1. The van der Waals surface area contributed by atoms with Crippen molar-refractivity contribution in [1.29, 1.82) is 0 Å². The molecule has 0 amide bonds. The Hall–Kier alpha value is -1.09. The van der Waals surface area contributed by atoms with Crippen LogP contribution in [0.25, 0.3) is 0 Å². The third-order valence-corrected chi connectivity index (χ3v) is 2.86. The van der Waals surface area contributed by atoms with Gasteiger partial charge in [0.1, 0.15) is 0 Å². The highest BCUT2D eigenvalue weighted by Gasteiger charge is 2.03. The predicted octanol–water partition coefficient (Wildman–Crippen LogP) is 2.58. The molecule has 0 radical (unpaired) electrons. The molecule has 0 aromatic heterocycles. The molecule has 0 aliphatic rings. The summed E-state index contributed by atoms with van der Waals surface area (Å²) in [4.78, 5) is 0.563. The summed E-state index contributed by atoms with van der Waals surface area (Å²) in [5.41, 5.74) is 8.01. The van der Waals surface area contributed by atoms with Gasteiger partial charge in [-0.1, -0.05) is 38.2 Å². The lowest BCUT2D eigenvalue weighted by atomic mass is 10.1. The van der Waals surface area contributed by atoms with Crippen molar-refractivity contribution in [3.63, 3.8) is 0 Å². The maximum Gasteiger partial charge on any atom is 0.0773 e. The van der Waals surface area contributed by atoms with Gasteiger partial charge in [-0.05, 0) is 24.1 Å². The smallest absolute Gasteiger partial charge is 0.0773 e. The van der Waals surface area contributed by atoms with E-state index in [0.29, 0.717) is 4.99 Å². The van der Waals surface area contributed by atoms with Crippen LogP contribution in [0.1, 0.15) is 19.4 Å². The summed E-state index contributed by atoms with van der Waals surface area (Å²) in [7, 11) is 0. The highest BCUT2D eigenvalue weighted by Crippen LogP contribution is 2.10. The molecular formula is C12H18N2S. The number of anilines is 1. The first-order valence-electron chi connectivity index (χ1n) is 5.25. The van der Waals surface area contributed by atoms with E-state index in [2.05, 4.69) is 36.5 Å². The van der Waals surface area contributed by atoms with Crippen molar-refractivity contribution in [2.45, 2.75) is 20.3 Å². The summed E-state index contributed by atoms with van der Waals surface area (Å²) in [5.74, 6) is 0.228. The van der Waals surface area contributed by atoms with Gasteiger partial charge in [-0.15, -0.1) is 0 Å². The lowest BCUT2D eigenvalue weighted by Crippen LogP contribution is -2.25. The highest BCUT2D eigenvalue weighted by atomic mass is 32.1. The maximum absolute atomic E-state index is 5.54. The average Bonchev–Trinajstić information content (AvgIpc) is 2.26. The average molecular weight is 222 g/mol. The number of nitrogens with two attached hydrogens (primary N) is 1. The number of rotatable bonds is 5. The lowest BCUT2D eigenvalue weighted by Gasteiger charge is -2.12. The zero-order valence-corrected chi connectivity index (χ0v) is 10.1. The van der Waals surface area contributed by atoms with Crippen LogP contribution in [0.15, 0.2) is 24.3 Å². The standard InChI is InChI=1S/C12H18N2S/c1-3-10-4-6-11(7-5-10)14-8-9(2)12(13)15/h4-7,9,14H,3,8H2,1-2H3,(H2,13,15). The Morgan fingerprint density at radius 3 is 2.47 bits per heavy atom. The molecule has 0 fully saturated rings. The molecule has 1 unspecified atom stereocenters. The van der Waals surface area contributed by atoms with Gasteiger partial charge in [0.2, 0.25) is 0 Å². The molecule has 3 N–H and O–H groups in total. The van der Waals surface area contributed by atoms with E-state index in [9.17, 15) is 0 Å². The molecule has 3 heteroatoms. The second-order valence-electron chi connectivity index (χ2n) is 3.73. The van der Waals surface area contributed by atoms with Crippen molar-refractivity contribution >= 4 is 22.9 Å². The van der Waals surface area contributed by atoms with Crippen LogP contribution in [0, 0.1) is 5.92 Å². The first-order chi connectivity index (χ1) is 7.13. The summed E-state index contributed by atoms with van der Waals surface area (Å²) in [5, 5.41) is 3.31. The Morgan fingerprint density at radius 1 is 1.40 bits per heavy atom. The van der Waals surface area contributed by atoms with Gasteiger partial charge in [-0.2, -0.15) is 0 Å². The molecule has 0 spiro atoms. The van der Waals surface area contributed by atoms with Gasteiger partial charge in [-0.25, -0.2) is 0 Å². The van der Waals surface area contributed by atoms with Crippen molar-refractivity contribution in [2.75, 3.05) is 11.9 Å². The molecule has 0 saturated carbocycles. The molecule has 1 aromatic rings. The van der Waals surface area contributed by atoms with Crippen molar-refractivity contribution < 1.29 is 0 Å². The number of hydrogen-bond acceptors (Lipinski definition) is 2. The topological polar surface area (TPSA) is 38.0 Å². The minimum absolute atomic E-state index is 0.228. The van der Waals surface area contributed by atoms with Gasteiger partial charge >= 0.3 is 0 Å². The van der Waals surface area contributed by atoms with E-state index >= 15 is 0 Å². The van der Waals surface area contributed by atoms with E-state index in [1.165, 1.54) is 5.56 Å². The minimum atomic E-state index is 0.228. The van der Waals surface area contributed by atoms with Crippen LogP contribution in [0.4, 0.5) is 5.69 Å².